The minimum Gasteiger partial charge on any atom is -0.397 e. The molecule has 0 fully saturated rings. The maximum absolute atomic E-state index is 12.9. The number of carbonyl (C=O) groups is 1. The lowest BCUT2D eigenvalue weighted by atomic mass is 9.95. The summed E-state index contributed by atoms with van der Waals surface area (Å²) in [5, 5.41) is 16.6. The number of pyridine rings is 1. The van der Waals surface area contributed by atoms with Crippen LogP contribution in [0.1, 0.15) is 40.6 Å². The summed E-state index contributed by atoms with van der Waals surface area (Å²) in [5.74, 6) is -0.200. The van der Waals surface area contributed by atoms with Crippen LogP contribution in [0.15, 0.2) is 41.1 Å². The van der Waals surface area contributed by atoms with Crippen molar-refractivity contribution >= 4 is 44.9 Å². The second-order valence-corrected chi connectivity index (χ2v) is 7.88. The molecule has 0 atom stereocenters. The molecular weight excluding hydrogens is 402 g/mol. The lowest BCUT2D eigenvalue weighted by Gasteiger charge is -2.12. The van der Waals surface area contributed by atoms with Crippen LogP contribution in [-0.4, -0.2) is 16.2 Å². The normalized spacial score (nSPS) is 11.0. The molecule has 5 N–H and O–H groups in total. The Hall–Kier alpha value is -3.97. The fourth-order valence-corrected chi connectivity index (χ4v) is 4.25. The largest absolute Gasteiger partial charge is 0.397 e. The number of amides is 1. The summed E-state index contributed by atoms with van der Waals surface area (Å²) < 4.78 is 6.71. The molecule has 150 valence electrons. The maximum Gasteiger partial charge on any atom is 0.303 e. The van der Waals surface area contributed by atoms with Gasteiger partial charge >= 0.3 is 5.88 Å². The van der Waals surface area contributed by atoms with Gasteiger partial charge in [0, 0.05) is 17.5 Å². The maximum atomic E-state index is 12.9. The molecule has 0 bridgehead atoms. The van der Waals surface area contributed by atoms with Crippen molar-refractivity contribution in [3.63, 3.8) is 0 Å². The van der Waals surface area contributed by atoms with Gasteiger partial charge in [-0.25, -0.2) is 4.98 Å². The Morgan fingerprint density at radius 1 is 1.30 bits per heavy atom. The number of nitriles is 1. The average Bonchev–Trinajstić information content (AvgIpc) is 3.32. The van der Waals surface area contributed by atoms with Crippen LogP contribution >= 0.6 is 11.3 Å². The van der Waals surface area contributed by atoms with E-state index in [0.29, 0.717) is 15.8 Å². The third-order valence-corrected chi connectivity index (χ3v) is 5.66. The Morgan fingerprint density at radius 2 is 2.03 bits per heavy atom. The van der Waals surface area contributed by atoms with E-state index >= 15 is 0 Å². The zero-order valence-corrected chi connectivity index (χ0v) is 17.0. The quantitative estimate of drug-likeness (QED) is 0.430. The highest BCUT2D eigenvalue weighted by Crippen LogP contribution is 2.40. The Balaban J connectivity index is 1.71. The first-order chi connectivity index (χ1) is 14.4. The summed E-state index contributed by atoms with van der Waals surface area (Å²) >= 11 is 1.11. The van der Waals surface area contributed by atoms with E-state index in [1.807, 2.05) is 44.2 Å². The van der Waals surface area contributed by atoms with Crippen LogP contribution in [0, 0.1) is 11.3 Å². The molecule has 1 aromatic carbocycles. The summed E-state index contributed by atoms with van der Waals surface area (Å²) in [4.78, 5) is 17.9. The van der Waals surface area contributed by atoms with Crippen molar-refractivity contribution in [2.45, 2.75) is 19.8 Å². The highest BCUT2D eigenvalue weighted by molar-refractivity contribution is 7.21. The molecule has 1 amide bonds. The zero-order chi connectivity index (χ0) is 21.4. The number of hydrogen-bond donors (Lipinski definition) is 3. The minimum absolute atomic E-state index is 0.0284. The van der Waals surface area contributed by atoms with Crippen molar-refractivity contribution in [1.82, 2.24) is 10.3 Å². The van der Waals surface area contributed by atoms with E-state index in [0.717, 1.165) is 17.0 Å². The molecule has 0 radical (unpaired) electrons. The van der Waals surface area contributed by atoms with Crippen molar-refractivity contribution in [2.24, 2.45) is 0 Å². The molecule has 0 aliphatic heterocycles. The number of carbonyl (C=O) groups excluding carboxylic acids is 1. The molecule has 3 aromatic heterocycles. The fourth-order valence-electron chi connectivity index (χ4n) is 3.23. The second kappa shape index (κ2) is 7.46. The monoisotopic (exact) mass is 420 g/mol. The number of nitrogens with zero attached hydrogens (tertiary/aromatic N) is 4. The van der Waals surface area contributed by atoms with Crippen LogP contribution in [0.2, 0.25) is 0 Å². The van der Waals surface area contributed by atoms with E-state index in [2.05, 4.69) is 21.6 Å². The predicted molar refractivity (Wildman–Crippen MR) is 113 cm³/mol. The average molecular weight is 420 g/mol. The Labute approximate surface area is 175 Å². The number of rotatable bonds is 4. The number of aromatic nitrogens is 3. The van der Waals surface area contributed by atoms with Gasteiger partial charge in [-0.05, 0) is 16.2 Å². The van der Waals surface area contributed by atoms with Crippen molar-refractivity contribution < 1.29 is 14.0 Å². The van der Waals surface area contributed by atoms with Crippen LogP contribution in [0.25, 0.3) is 15.9 Å². The molecule has 0 unspecified atom stereocenters. The number of para-hydroxylation sites is 1. The number of nitrogen functional groups attached to an aromatic ring is 2. The summed E-state index contributed by atoms with van der Waals surface area (Å²) in [6.07, 6.45) is 1.56. The zero-order valence-electron chi connectivity index (χ0n) is 16.2. The minimum atomic E-state index is -0.460. The molecule has 0 aliphatic rings. The van der Waals surface area contributed by atoms with Gasteiger partial charge < -0.3 is 11.5 Å². The highest BCUT2D eigenvalue weighted by atomic mass is 32.1. The number of benzene rings is 1. The molecule has 0 saturated carbocycles. The van der Waals surface area contributed by atoms with Crippen LogP contribution in [-0.2, 0) is 0 Å². The summed E-state index contributed by atoms with van der Waals surface area (Å²) in [6, 6.07) is 11.4. The first kappa shape index (κ1) is 19.4. The van der Waals surface area contributed by atoms with Crippen molar-refractivity contribution in [3.05, 3.63) is 52.5 Å². The molecule has 10 heteroatoms. The lowest BCUT2D eigenvalue weighted by molar-refractivity contribution is -0.670. The first-order valence-electron chi connectivity index (χ1n) is 9.07. The molecule has 9 nitrogen and oxygen atoms in total. The van der Waals surface area contributed by atoms with Crippen molar-refractivity contribution in [2.75, 3.05) is 16.8 Å². The highest BCUT2D eigenvalue weighted by Gasteiger charge is 2.26. The summed E-state index contributed by atoms with van der Waals surface area (Å²) in [6.45, 7) is 3.87. The van der Waals surface area contributed by atoms with Crippen LogP contribution in [0.3, 0.4) is 0 Å². The second-order valence-electron chi connectivity index (χ2n) is 6.88. The molecular formula is C20H18N7O2S+. The van der Waals surface area contributed by atoms with Crippen molar-refractivity contribution in [1.29, 1.82) is 5.26 Å². The Kier molecular flexibility index (Phi) is 4.81. The number of nitrogens with one attached hydrogen (secondary N) is 1. The Morgan fingerprint density at radius 3 is 2.70 bits per heavy atom. The van der Waals surface area contributed by atoms with E-state index in [1.54, 1.807) is 6.20 Å². The van der Waals surface area contributed by atoms with Gasteiger partial charge in [-0.2, -0.15) is 5.26 Å². The number of hydrogen-bond acceptors (Lipinski definition) is 8. The van der Waals surface area contributed by atoms with Gasteiger partial charge in [-0.3, -0.25) is 14.6 Å². The van der Waals surface area contributed by atoms with E-state index in [1.165, 1.54) is 4.68 Å². The number of fused-ring (bicyclic) bond motifs is 1. The van der Waals surface area contributed by atoms with Gasteiger partial charge in [0.2, 0.25) is 11.0 Å². The van der Waals surface area contributed by atoms with Gasteiger partial charge in [-0.1, -0.05) is 32.0 Å². The molecule has 3 heterocycles. The van der Waals surface area contributed by atoms with Crippen molar-refractivity contribution in [3.8, 4) is 11.8 Å². The van der Waals surface area contributed by atoms with Gasteiger partial charge in [0.1, 0.15) is 21.6 Å². The molecule has 0 saturated heterocycles. The van der Waals surface area contributed by atoms with E-state index in [-0.39, 0.29) is 33.7 Å². The van der Waals surface area contributed by atoms with Gasteiger partial charge in [0.25, 0.3) is 12.1 Å². The standard InChI is InChI=1S/C20H17N7O2S/c1-10(2)14-12(8-21)18(23)25-20-15(14)16(22)17(30-20)19(28)24-13-9-27(26-29-13)11-6-4-3-5-7-11/h3-7,9-10H,1-2H3,(H4-,22,23,24,25,26,28)/p+1. The Bertz CT molecular complexity index is 1300. The van der Waals surface area contributed by atoms with E-state index < -0.39 is 5.91 Å². The molecule has 0 aliphatic carbocycles. The third-order valence-electron chi connectivity index (χ3n) is 4.56. The molecule has 4 rings (SSSR count). The fraction of sp³-hybridized carbons (Fsp3) is 0.150. The van der Waals surface area contributed by atoms with Crippen LogP contribution in [0.5, 0.6) is 0 Å². The van der Waals surface area contributed by atoms with Gasteiger partial charge in [0.15, 0.2) is 0 Å². The lowest BCUT2D eigenvalue weighted by Crippen LogP contribution is -2.31. The number of anilines is 3. The molecule has 4 aromatic rings. The summed E-state index contributed by atoms with van der Waals surface area (Å²) in [5.41, 5.74) is 14.3. The number of thiophene rings is 1. The number of nitrogens with two attached hydrogens (primary N) is 2. The summed E-state index contributed by atoms with van der Waals surface area (Å²) in [7, 11) is 0. The van der Waals surface area contributed by atoms with Crippen LogP contribution in [0.4, 0.5) is 17.4 Å². The van der Waals surface area contributed by atoms with Gasteiger partial charge in [-0.15, -0.1) is 11.3 Å². The van der Waals surface area contributed by atoms with E-state index in [9.17, 15) is 10.1 Å². The van der Waals surface area contributed by atoms with E-state index in [4.69, 9.17) is 16.0 Å². The first-order valence-corrected chi connectivity index (χ1v) is 9.89. The van der Waals surface area contributed by atoms with Gasteiger partial charge in [0.05, 0.1) is 11.3 Å². The SMILES string of the molecule is CC(C)c1c(C#N)c(N)nc2sc(C(=O)Nc3c[n+](-c4ccccc4)no3)c(N)c12. The topological polar surface area (TPSA) is 148 Å². The smallest absolute Gasteiger partial charge is 0.303 e. The predicted octanol–water partition coefficient (Wildman–Crippen LogP) is 2.97. The molecule has 30 heavy (non-hydrogen) atoms. The third kappa shape index (κ3) is 3.21. The van der Waals surface area contributed by atoms with Crippen LogP contribution < -0.4 is 21.5 Å². The molecule has 0 spiro atoms.